The number of nitrogens with zero attached hydrogens (tertiary/aromatic N) is 1. The molecule has 0 spiro atoms. The number of carbonyl (C=O) groups excluding carboxylic acids is 1. The van der Waals surface area contributed by atoms with Crippen LogP contribution in [0.1, 0.15) is 52.6 Å². The predicted molar refractivity (Wildman–Crippen MR) is 128 cm³/mol. The highest BCUT2D eigenvalue weighted by molar-refractivity contribution is 5.89. The quantitative estimate of drug-likeness (QED) is 0.477. The first kappa shape index (κ1) is 21.0. The van der Waals surface area contributed by atoms with Gasteiger partial charge in [0.1, 0.15) is 6.10 Å². The van der Waals surface area contributed by atoms with Crippen LogP contribution in [0.3, 0.4) is 0 Å². The van der Waals surface area contributed by atoms with Crippen LogP contribution in [-0.4, -0.2) is 36.6 Å². The summed E-state index contributed by atoms with van der Waals surface area (Å²) in [6, 6.07) is 31.0. The molecule has 0 aliphatic heterocycles. The van der Waals surface area contributed by atoms with Crippen LogP contribution in [-0.2, 0) is 4.74 Å². The molecule has 0 aromatic heterocycles. The number of fused-ring (bicyclic) bond motifs is 3. The van der Waals surface area contributed by atoms with Crippen molar-refractivity contribution in [1.29, 1.82) is 0 Å². The van der Waals surface area contributed by atoms with Crippen LogP contribution in [0.15, 0.2) is 91.0 Å². The summed E-state index contributed by atoms with van der Waals surface area (Å²) in [6.07, 6.45) is 2.95. The molecule has 3 unspecified atom stereocenters. The molecule has 3 atom stereocenters. The number of carbonyl (C=O) groups is 1. The molecule has 3 aliphatic carbocycles. The molecule has 6 rings (SSSR count). The fourth-order valence-electron chi connectivity index (χ4n) is 6.18. The van der Waals surface area contributed by atoms with Crippen molar-refractivity contribution in [3.05, 3.63) is 108 Å². The van der Waals surface area contributed by atoms with Crippen molar-refractivity contribution in [3.8, 4) is 0 Å². The van der Waals surface area contributed by atoms with Crippen LogP contribution in [0, 0.1) is 5.92 Å². The maximum Gasteiger partial charge on any atom is 0.338 e. The van der Waals surface area contributed by atoms with Gasteiger partial charge < -0.3 is 9.64 Å². The van der Waals surface area contributed by atoms with E-state index >= 15 is 0 Å². The highest BCUT2D eigenvalue weighted by Crippen LogP contribution is 2.60. The normalized spacial score (nSPS) is 29.1. The van der Waals surface area contributed by atoms with Crippen LogP contribution in [0.5, 0.6) is 0 Å². The summed E-state index contributed by atoms with van der Waals surface area (Å²) in [6.45, 7) is 0. The molecular formula is C29H31NO2. The number of hydrogen-bond acceptors (Lipinski definition) is 3. The van der Waals surface area contributed by atoms with E-state index in [-0.39, 0.29) is 23.5 Å². The van der Waals surface area contributed by atoms with E-state index in [4.69, 9.17) is 4.74 Å². The molecule has 0 N–H and O–H groups in total. The Morgan fingerprint density at radius 3 is 1.69 bits per heavy atom. The summed E-state index contributed by atoms with van der Waals surface area (Å²) in [5, 5.41) is 0. The van der Waals surface area contributed by atoms with E-state index in [1.807, 2.05) is 30.3 Å². The van der Waals surface area contributed by atoms with Gasteiger partial charge in [-0.1, -0.05) is 78.9 Å². The second-order valence-electron chi connectivity index (χ2n) is 9.65. The fourth-order valence-corrected chi connectivity index (χ4v) is 6.18. The Hall–Kier alpha value is -2.91. The van der Waals surface area contributed by atoms with E-state index < -0.39 is 0 Å². The van der Waals surface area contributed by atoms with Crippen LogP contribution in [0.2, 0.25) is 0 Å². The molecule has 32 heavy (non-hydrogen) atoms. The molecule has 3 saturated carbocycles. The van der Waals surface area contributed by atoms with Crippen LogP contribution in [0.25, 0.3) is 0 Å². The SMILES string of the molecule is CN(C)C12CC(OC(=O)c3ccccc3)C(C(c3ccccc3)C1)C(c1ccccc1)C2. The fraction of sp³-hybridized carbons (Fsp3) is 0.345. The molecular weight excluding hydrogens is 394 g/mol. The Morgan fingerprint density at radius 1 is 0.750 bits per heavy atom. The van der Waals surface area contributed by atoms with Gasteiger partial charge in [-0.15, -0.1) is 0 Å². The lowest BCUT2D eigenvalue weighted by Gasteiger charge is -2.60. The highest BCUT2D eigenvalue weighted by Gasteiger charge is 2.58. The summed E-state index contributed by atoms with van der Waals surface area (Å²) < 4.78 is 6.32. The monoisotopic (exact) mass is 425 g/mol. The van der Waals surface area contributed by atoms with Gasteiger partial charge in [0.05, 0.1) is 5.56 Å². The average Bonchev–Trinajstić information content (AvgIpc) is 2.85. The minimum absolute atomic E-state index is 0.00258. The van der Waals surface area contributed by atoms with Gasteiger partial charge in [0.15, 0.2) is 0 Å². The van der Waals surface area contributed by atoms with E-state index in [0.29, 0.717) is 17.4 Å². The van der Waals surface area contributed by atoms with Gasteiger partial charge in [0.2, 0.25) is 0 Å². The molecule has 0 radical (unpaired) electrons. The molecule has 0 saturated heterocycles. The molecule has 3 aromatic carbocycles. The number of rotatable bonds is 5. The van der Waals surface area contributed by atoms with Crippen molar-refractivity contribution < 1.29 is 9.53 Å². The average molecular weight is 426 g/mol. The van der Waals surface area contributed by atoms with Gasteiger partial charge in [-0.25, -0.2) is 4.79 Å². The molecule has 0 amide bonds. The summed E-state index contributed by atoms with van der Waals surface area (Å²) in [4.78, 5) is 15.5. The minimum atomic E-state index is -0.212. The second-order valence-corrected chi connectivity index (χ2v) is 9.65. The third kappa shape index (κ3) is 3.75. The van der Waals surface area contributed by atoms with Gasteiger partial charge in [-0.3, -0.25) is 0 Å². The Morgan fingerprint density at radius 2 is 1.22 bits per heavy atom. The van der Waals surface area contributed by atoms with Crippen molar-refractivity contribution in [2.75, 3.05) is 14.1 Å². The maximum atomic E-state index is 13.1. The Balaban J connectivity index is 1.57. The zero-order chi connectivity index (χ0) is 22.1. The van der Waals surface area contributed by atoms with Crippen molar-refractivity contribution >= 4 is 5.97 Å². The highest BCUT2D eigenvalue weighted by atomic mass is 16.5. The standard InChI is InChI=1S/C29H31NO2/c1-30(2)29-18-24(21-12-6-3-7-13-21)27(25(19-29)22-14-8-4-9-15-22)26(20-29)32-28(31)23-16-10-5-11-17-23/h3-17,24-27H,18-20H2,1-2H3. The lowest BCUT2D eigenvalue weighted by atomic mass is 9.52. The van der Waals surface area contributed by atoms with Crippen molar-refractivity contribution in [2.45, 2.75) is 42.7 Å². The molecule has 3 heteroatoms. The Labute approximate surface area is 191 Å². The van der Waals surface area contributed by atoms with Crippen LogP contribution in [0.4, 0.5) is 0 Å². The Kier molecular flexibility index (Phi) is 5.60. The van der Waals surface area contributed by atoms with Gasteiger partial charge in [-0.2, -0.15) is 0 Å². The largest absolute Gasteiger partial charge is 0.458 e. The molecule has 2 bridgehead atoms. The summed E-state index contributed by atoms with van der Waals surface area (Å²) >= 11 is 0. The number of ether oxygens (including phenoxy) is 1. The van der Waals surface area contributed by atoms with E-state index in [1.54, 1.807) is 0 Å². The zero-order valence-corrected chi connectivity index (χ0v) is 18.9. The summed E-state index contributed by atoms with van der Waals surface area (Å²) in [7, 11) is 4.37. The molecule has 3 fully saturated rings. The molecule has 3 aromatic rings. The van der Waals surface area contributed by atoms with E-state index in [9.17, 15) is 4.79 Å². The van der Waals surface area contributed by atoms with Crippen molar-refractivity contribution in [1.82, 2.24) is 4.90 Å². The Bertz CT molecular complexity index is 999. The molecule has 3 aliphatic rings. The summed E-state index contributed by atoms with van der Waals surface area (Å²) in [5.74, 6) is 0.740. The van der Waals surface area contributed by atoms with E-state index in [1.165, 1.54) is 11.1 Å². The van der Waals surface area contributed by atoms with Crippen LogP contribution >= 0.6 is 0 Å². The number of esters is 1. The topological polar surface area (TPSA) is 29.5 Å². The summed E-state index contributed by atoms with van der Waals surface area (Å²) in [5.41, 5.74) is 3.33. The van der Waals surface area contributed by atoms with Crippen LogP contribution < -0.4 is 0 Å². The van der Waals surface area contributed by atoms with Crippen molar-refractivity contribution in [3.63, 3.8) is 0 Å². The number of benzene rings is 3. The predicted octanol–water partition coefficient (Wildman–Crippen LogP) is 5.89. The lowest BCUT2D eigenvalue weighted by Crippen LogP contribution is -2.61. The number of hydrogen-bond donors (Lipinski definition) is 0. The first-order chi connectivity index (χ1) is 15.6. The smallest absolute Gasteiger partial charge is 0.338 e. The second kappa shape index (κ2) is 8.55. The van der Waals surface area contributed by atoms with Crippen molar-refractivity contribution in [2.24, 2.45) is 5.92 Å². The lowest BCUT2D eigenvalue weighted by molar-refractivity contribution is -0.0986. The maximum absolute atomic E-state index is 13.1. The van der Waals surface area contributed by atoms with Gasteiger partial charge in [-0.05, 0) is 62.0 Å². The first-order valence-electron chi connectivity index (χ1n) is 11.6. The minimum Gasteiger partial charge on any atom is -0.458 e. The first-order valence-corrected chi connectivity index (χ1v) is 11.6. The van der Waals surface area contributed by atoms with Gasteiger partial charge >= 0.3 is 5.97 Å². The molecule has 164 valence electrons. The molecule has 0 heterocycles. The van der Waals surface area contributed by atoms with Gasteiger partial charge in [0.25, 0.3) is 0 Å². The van der Waals surface area contributed by atoms with E-state index in [2.05, 4.69) is 79.7 Å². The third-order valence-corrected chi connectivity index (χ3v) is 7.81. The zero-order valence-electron chi connectivity index (χ0n) is 18.9. The third-order valence-electron chi connectivity index (χ3n) is 7.81. The molecule has 3 nitrogen and oxygen atoms in total. The van der Waals surface area contributed by atoms with E-state index in [0.717, 1.165) is 19.3 Å². The van der Waals surface area contributed by atoms with Gasteiger partial charge in [0, 0.05) is 17.9 Å².